The third kappa shape index (κ3) is 3.55. The minimum absolute atomic E-state index is 0.270. The predicted octanol–water partition coefficient (Wildman–Crippen LogP) is 2.87. The molecule has 122 valence electrons. The fraction of sp³-hybridized carbons (Fsp3) is 0.222. The molecule has 2 aromatic heterocycles. The molecule has 0 fully saturated rings. The SMILES string of the molecule is COC1(C)C=CC(c2ccc(NC(=O)c3ccccn3)nn2)=CC1. The van der Waals surface area contributed by atoms with Crippen molar-refractivity contribution in [3.63, 3.8) is 0 Å². The molecule has 0 aromatic carbocycles. The Hall–Kier alpha value is -2.86. The molecule has 1 unspecified atom stereocenters. The minimum Gasteiger partial charge on any atom is -0.374 e. The van der Waals surface area contributed by atoms with Crippen LogP contribution >= 0.6 is 0 Å². The van der Waals surface area contributed by atoms with Crippen LogP contribution in [0.1, 0.15) is 29.5 Å². The molecule has 0 saturated heterocycles. The Labute approximate surface area is 140 Å². The van der Waals surface area contributed by atoms with Gasteiger partial charge >= 0.3 is 0 Å². The molecule has 0 saturated carbocycles. The summed E-state index contributed by atoms with van der Waals surface area (Å²) in [6, 6.07) is 8.70. The van der Waals surface area contributed by atoms with E-state index in [-0.39, 0.29) is 11.5 Å². The second-order valence-corrected chi connectivity index (χ2v) is 5.69. The number of aromatic nitrogens is 3. The van der Waals surface area contributed by atoms with E-state index in [4.69, 9.17) is 4.74 Å². The van der Waals surface area contributed by atoms with Crippen molar-refractivity contribution < 1.29 is 9.53 Å². The minimum atomic E-state index is -0.315. The topological polar surface area (TPSA) is 77.0 Å². The van der Waals surface area contributed by atoms with E-state index in [9.17, 15) is 4.79 Å². The van der Waals surface area contributed by atoms with E-state index >= 15 is 0 Å². The van der Waals surface area contributed by atoms with E-state index in [1.807, 2.05) is 25.1 Å². The monoisotopic (exact) mass is 322 g/mol. The van der Waals surface area contributed by atoms with Gasteiger partial charge in [0, 0.05) is 13.3 Å². The van der Waals surface area contributed by atoms with Crippen LogP contribution in [-0.2, 0) is 4.74 Å². The molecule has 3 rings (SSSR count). The summed E-state index contributed by atoms with van der Waals surface area (Å²) >= 11 is 0. The van der Waals surface area contributed by atoms with Gasteiger partial charge in [0.05, 0.1) is 11.3 Å². The number of nitrogens with one attached hydrogen (secondary N) is 1. The molecule has 1 N–H and O–H groups in total. The van der Waals surface area contributed by atoms with Crippen molar-refractivity contribution in [3.05, 3.63) is 66.1 Å². The van der Waals surface area contributed by atoms with E-state index in [1.165, 1.54) is 0 Å². The second kappa shape index (κ2) is 6.72. The number of rotatable bonds is 4. The van der Waals surface area contributed by atoms with Crippen LogP contribution in [0.5, 0.6) is 0 Å². The summed E-state index contributed by atoms with van der Waals surface area (Å²) < 4.78 is 5.45. The fourth-order valence-corrected chi connectivity index (χ4v) is 2.29. The number of methoxy groups -OCH3 is 1. The van der Waals surface area contributed by atoms with Crippen molar-refractivity contribution in [1.82, 2.24) is 15.2 Å². The summed E-state index contributed by atoms with van der Waals surface area (Å²) in [6.45, 7) is 2.03. The summed E-state index contributed by atoms with van der Waals surface area (Å²) in [7, 11) is 1.70. The highest BCUT2D eigenvalue weighted by atomic mass is 16.5. The van der Waals surface area contributed by atoms with E-state index in [0.29, 0.717) is 11.5 Å². The van der Waals surface area contributed by atoms with Gasteiger partial charge in [-0.1, -0.05) is 24.3 Å². The Balaban J connectivity index is 1.68. The quantitative estimate of drug-likeness (QED) is 0.936. The van der Waals surface area contributed by atoms with Crippen LogP contribution in [-0.4, -0.2) is 33.8 Å². The smallest absolute Gasteiger partial charge is 0.275 e. The number of hydrogen-bond donors (Lipinski definition) is 1. The standard InChI is InChI=1S/C18H18N4O2/c1-18(24-2)10-8-13(9-11-18)14-6-7-16(22-21-14)20-17(23)15-5-3-4-12-19-15/h3-10,12H,11H2,1-2H3,(H,20,22,23). The summed E-state index contributed by atoms with van der Waals surface area (Å²) in [4.78, 5) is 16.0. The number of nitrogens with zero attached hydrogens (tertiary/aromatic N) is 3. The molecule has 2 aromatic rings. The number of pyridine rings is 1. The van der Waals surface area contributed by atoms with Gasteiger partial charge in [-0.15, -0.1) is 10.2 Å². The highest BCUT2D eigenvalue weighted by molar-refractivity contribution is 6.02. The van der Waals surface area contributed by atoms with Crippen molar-refractivity contribution in [2.75, 3.05) is 12.4 Å². The van der Waals surface area contributed by atoms with Gasteiger partial charge < -0.3 is 10.1 Å². The highest BCUT2D eigenvalue weighted by Gasteiger charge is 2.22. The molecule has 1 atom stereocenters. The van der Waals surface area contributed by atoms with Crippen LogP contribution in [0.15, 0.2) is 54.8 Å². The molecular weight excluding hydrogens is 304 g/mol. The zero-order valence-corrected chi connectivity index (χ0v) is 13.6. The Morgan fingerprint density at radius 1 is 1.25 bits per heavy atom. The molecule has 2 heterocycles. The first-order valence-electron chi connectivity index (χ1n) is 7.61. The summed E-state index contributed by atoms with van der Waals surface area (Å²) in [6.07, 6.45) is 8.40. The largest absolute Gasteiger partial charge is 0.374 e. The molecule has 1 amide bonds. The predicted molar refractivity (Wildman–Crippen MR) is 91.4 cm³/mol. The lowest BCUT2D eigenvalue weighted by molar-refractivity contribution is 0.0508. The molecule has 0 spiro atoms. The Morgan fingerprint density at radius 2 is 2.12 bits per heavy atom. The first kappa shape index (κ1) is 16.0. The molecular formula is C18H18N4O2. The van der Waals surface area contributed by atoms with Crippen molar-refractivity contribution in [3.8, 4) is 0 Å². The van der Waals surface area contributed by atoms with E-state index in [1.54, 1.807) is 37.6 Å². The lowest BCUT2D eigenvalue weighted by Crippen LogP contribution is -2.25. The van der Waals surface area contributed by atoms with Gasteiger partial charge in [0.25, 0.3) is 5.91 Å². The Morgan fingerprint density at radius 3 is 2.71 bits per heavy atom. The number of carbonyl (C=O) groups is 1. The molecule has 6 heteroatoms. The second-order valence-electron chi connectivity index (χ2n) is 5.69. The Bertz CT molecular complexity index is 784. The number of amides is 1. The van der Waals surface area contributed by atoms with E-state index in [2.05, 4.69) is 26.6 Å². The van der Waals surface area contributed by atoms with Crippen LogP contribution in [0, 0.1) is 0 Å². The van der Waals surface area contributed by atoms with Crippen molar-refractivity contribution in [1.29, 1.82) is 0 Å². The Kier molecular flexibility index (Phi) is 4.48. The molecule has 0 bridgehead atoms. The average molecular weight is 322 g/mol. The van der Waals surface area contributed by atoms with Crippen LogP contribution in [0.3, 0.4) is 0 Å². The van der Waals surface area contributed by atoms with Gasteiger partial charge in [0.1, 0.15) is 5.69 Å². The average Bonchev–Trinajstić information content (AvgIpc) is 2.64. The summed E-state index contributed by atoms with van der Waals surface area (Å²) in [5.74, 6) is 0.0711. The molecule has 6 nitrogen and oxygen atoms in total. The van der Waals surface area contributed by atoms with Gasteiger partial charge in [-0.2, -0.15) is 0 Å². The van der Waals surface area contributed by atoms with Gasteiger partial charge in [-0.25, -0.2) is 0 Å². The summed E-state index contributed by atoms with van der Waals surface area (Å²) in [5.41, 5.74) is 1.80. The van der Waals surface area contributed by atoms with Crippen molar-refractivity contribution in [2.45, 2.75) is 18.9 Å². The maximum atomic E-state index is 12.0. The molecule has 1 aliphatic rings. The lowest BCUT2D eigenvalue weighted by Gasteiger charge is -2.26. The van der Waals surface area contributed by atoms with Crippen molar-refractivity contribution >= 4 is 17.3 Å². The number of allylic oxidation sites excluding steroid dienone is 2. The third-order valence-corrected chi connectivity index (χ3v) is 3.91. The molecule has 24 heavy (non-hydrogen) atoms. The highest BCUT2D eigenvalue weighted by Crippen LogP contribution is 2.27. The maximum absolute atomic E-state index is 12.0. The molecule has 0 aliphatic heterocycles. The van der Waals surface area contributed by atoms with Gasteiger partial charge in [0.15, 0.2) is 5.82 Å². The lowest BCUT2D eigenvalue weighted by atomic mass is 9.92. The van der Waals surface area contributed by atoms with Crippen molar-refractivity contribution in [2.24, 2.45) is 0 Å². The summed E-state index contributed by atoms with van der Waals surface area (Å²) in [5, 5.41) is 10.9. The van der Waals surface area contributed by atoms with Crippen LogP contribution in [0.4, 0.5) is 5.82 Å². The number of anilines is 1. The normalized spacial score (nSPS) is 19.7. The van der Waals surface area contributed by atoms with E-state index < -0.39 is 0 Å². The zero-order chi connectivity index (χ0) is 17.0. The van der Waals surface area contributed by atoms with Crippen LogP contribution in [0.2, 0.25) is 0 Å². The van der Waals surface area contributed by atoms with Gasteiger partial charge in [0.2, 0.25) is 0 Å². The number of ether oxygens (including phenoxy) is 1. The number of carbonyl (C=O) groups excluding carboxylic acids is 1. The molecule has 0 radical (unpaired) electrons. The van der Waals surface area contributed by atoms with Crippen LogP contribution < -0.4 is 5.32 Å². The van der Waals surface area contributed by atoms with Gasteiger partial charge in [-0.05, 0) is 43.2 Å². The maximum Gasteiger partial charge on any atom is 0.275 e. The van der Waals surface area contributed by atoms with Crippen LogP contribution in [0.25, 0.3) is 5.57 Å². The third-order valence-electron chi connectivity index (χ3n) is 3.91. The zero-order valence-electron chi connectivity index (χ0n) is 13.6. The first-order valence-corrected chi connectivity index (χ1v) is 7.61. The molecule has 1 aliphatic carbocycles. The van der Waals surface area contributed by atoms with E-state index in [0.717, 1.165) is 17.7 Å². The van der Waals surface area contributed by atoms with Gasteiger partial charge in [-0.3, -0.25) is 9.78 Å². The number of hydrogen-bond acceptors (Lipinski definition) is 5. The first-order chi connectivity index (χ1) is 11.6. The fourth-order valence-electron chi connectivity index (χ4n) is 2.29.